The fraction of sp³-hybridized carbons (Fsp3) is 0.0625. The number of halogens is 1. The molecule has 0 fully saturated rings. The van der Waals surface area contributed by atoms with Gasteiger partial charge in [0.2, 0.25) is 0 Å². The summed E-state index contributed by atoms with van der Waals surface area (Å²) in [5.74, 6) is -0.366. The van der Waals surface area contributed by atoms with Crippen molar-refractivity contribution in [3.63, 3.8) is 0 Å². The molecule has 0 aliphatic heterocycles. The van der Waals surface area contributed by atoms with Crippen LogP contribution in [0.15, 0.2) is 58.7 Å². The molecular formula is C16H12ClN3O2S. The number of hydrogen-bond acceptors (Lipinski definition) is 4. The van der Waals surface area contributed by atoms with Crippen molar-refractivity contribution in [3.8, 4) is 0 Å². The molecule has 2 heterocycles. The van der Waals surface area contributed by atoms with Crippen LogP contribution in [0.5, 0.6) is 0 Å². The zero-order valence-corrected chi connectivity index (χ0v) is 13.4. The van der Waals surface area contributed by atoms with Crippen molar-refractivity contribution in [1.29, 1.82) is 0 Å². The number of hydrogen-bond donors (Lipinski definition) is 2. The lowest BCUT2D eigenvalue weighted by atomic mass is 10.1. The third-order valence-corrected chi connectivity index (χ3v) is 4.41. The van der Waals surface area contributed by atoms with Gasteiger partial charge in [-0.3, -0.25) is 9.59 Å². The maximum atomic E-state index is 12.4. The number of carbonyl (C=O) groups excluding carboxylic acids is 1. The monoisotopic (exact) mass is 345 g/mol. The van der Waals surface area contributed by atoms with Gasteiger partial charge in [-0.15, -0.1) is 11.3 Å². The molecule has 1 amide bonds. The minimum atomic E-state index is -0.366. The van der Waals surface area contributed by atoms with Crippen molar-refractivity contribution in [3.05, 3.63) is 85.4 Å². The summed E-state index contributed by atoms with van der Waals surface area (Å²) >= 11 is 7.47. The Hall–Kier alpha value is -2.44. The molecule has 0 saturated heterocycles. The van der Waals surface area contributed by atoms with E-state index < -0.39 is 0 Å². The predicted molar refractivity (Wildman–Crippen MR) is 89.9 cm³/mol. The summed E-state index contributed by atoms with van der Waals surface area (Å²) in [5.41, 5.74) is 0.712. The number of nitrogens with one attached hydrogen (secondary N) is 2. The molecule has 116 valence electrons. The standard InChI is InChI=1S/C16H12ClN3O2S/c17-11-5-3-10(4-6-11)15(13-2-1-9-23-13)18-16(22)12-7-8-14(21)20-19-12/h1-9,15H,(H,18,22)(H,20,21). The van der Waals surface area contributed by atoms with Crippen LogP contribution < -0.4 is 10.9 Å². The van der Waals surface area contributed by atoms with E-state index in [9.17, 15) is 9.59 Å². The van der Waals surface area contributed by atoms with E-state index >= 15 is 0 Å². The first kappa shape index (κ1) is 15.5. The van der Waals surface area contributed by atoms with Gasteiger partial charge < -0.3 is 5.32 Å². The molecule has 2 aromatic heterocycles. The second-order valence-corrected chi connectivity index (χ2v) is 6.20. The Morgan fingerprint density at radius 3 is 2.57 bits per heavy atom. The van der Waals surface area contributed by atoms with E-state index in [0.29, 0.717) is 5.02 Å². The lowest BCUT2D eigenvalue weighted by Gasteiger charge is -2.18. The van der Waals surface area contributed by atoms with Crippen LogP contribution in [0.2, 0.25) is 5.02 Å². The molecule has 23 heavy (non-hydrogen) atoms. The molecule has 0 saturated carbocycles. The minimum absolute atomic E-state index is 0.153. The highest BCUT2D eigenvalue weighted by Gasteiger charge is 2.19. The van der Waals surface area contributed by atoms with Crippen molar-refractivity contribution in [2.24, 2.45) is 0 Å². The van der Waals surface area contributed by atoms with E-state index in [4.69, 9.17) is 11.6 Å². The molecule has 1 aromatic carbocycles. The quantitative estimate of drug-likeness (QED) is 0.763. The molecule has 0 spiro atoms. The summed E-state index contributed by atoms with van der Waals surface area (Å²) in [6.07, 6.45) is 0. The van der Waals surface area contributed by atoms with Crippen molar-refractivity contribution in [2.45, 2.75) is 6.04 Å². The molecule has 2 N–H and O–H groups in total. The van der Waals surface area contributed by atoms with Gasteiger partial charge in [-0.25, -0.2) is 5.10 Å². The average Bonchev–Trinajstić information content (AvgIpc) is 3.08. The van der Waals surface area contributed by atoms with Crippen LogP contribution >= 0.6 is 22.9 Å². The third-order valence-electron chi connectivity index (χ3n) is 3.22. The van der Waals surface area contributed by atoms with Crippen LogP contribution in [0.4, 0.5) is 0 Å². The average molecular weight is 346 g/mol. The zero-order chi connectivity index (χ0) is 16.2. The maximum Gasteiger partial charge on any atom is 0.272 e. The fourth-order valence-corrected chi connectivity index (χ4v) is 3.03. The Bertz CT molecular complexity index is 839. The van der Waals surface area contributed by atoms with Gasteiger partial charge in [0, 0.05) is 16.0 Å². The summed E-state index contributed by atoms with van der Waals surface area (Å²) in [4.78, 5) is 24.4. The first-order valence-corrected chi connectivity index (χ1v) is 8.05. The van der Waals surface area contributed by atoms with Gasteiger partial charge in [-0.2, -0.15) is 5.10 Å². The van der Waals surface area contributed by atoms with Crippen LogP contribution in [-0.4, -0.2) is 16.1 Å². The Morgan fingerprint density at radius 2 is 1.96 bits per heavy atom. The molecule has 0 radical (unpaired) electrons. The van der Waals surface area contributed by atoms with Gasteiger partial charge in [0.15, 0.2) is 0 Å². The van der Waals surface area contributed by atoms with Crippen LogP contribution in [0, 0.1) is 0 Å². The van der Waals surface area contributed by atoms with Crippen molar-refractivity contribution in [1.82, 2.24) is 15.5 Å². The minimum Gasteiger partial charge on any atom is -0.339 e. The second-order valence-electron chi connectivity index (χ2n) is 4.78. The largest absolute Gasteiger partial charge is 0.339 e. The van der Waals surface area contributed by atoms with Gasteiger partial charge in [-0.1, -0.05) is 29.8 Å². The summed E-state index contributed by atoms with van der Waals surface area (Å²) in [6, 6.07) is 13.5. The zero-order valence-electron chi connectivity index (χ0n) is 11.8. The van der Waals surface area contributed by atoms with Gasteiger partial charge in [0.25, 0.3) is 11.5 Å². The first-order valence-electron chi connectivity index (χ1n) is 6.79. The van der Waals surface area contributed by atoms with Crippen LogP contribution in [0.25, 0.3) is 0 Å². The molecule has 0 aliphatic carbocycles. The smallest absolute Gasteiger partial charge is 0.272 e. The van der Waals surface area contributed by atoms with Crippen molar-refractivity contribution < 1.29 is 4.79 Å². The number of nitrogens with zero attached hydrogens (tertiary/aromatic N) is 1. The third kappa shape index (κ3) is 3.67. The topological polar surface area (TPSA) is 74.8 Å². The van der Waals surface area contributed by atoms with Crippen molar-refractivity contribution >= 4 is 28.8 Å². The Labute approximate surface area is 140 Å². The molecule has 0 aliphatic rings. The number of H-pyrrole nitrogens is 1. The Kier molecular flexibility index (Phi) is 4.55. The number of benzene rings is 1. The summed E-state index contributed by atoms with van der Waals surface area (Å²) < 4.78 is 0. The number of aromatic amines is 1. The predicted octanol–water partition coefficient (Wildman–Crippen LogP) is 3.00. The molecule has 3 rings (SSSR count). The van der Waals surface area contributed by atoms with Crippen LogP contribution in [-0.2, 0) is 0 Å². The Balaban J connectivity index is 1.90. The molecule has 0 bridgehead atoms. The number of carbonyl (C=O) groups is 1. The summed E-state index contributed by atoms with van der Waals surface area (Å²) in [5, 5.41) is 11.5. The van der Waals surface area contributed by atoms with E-state index in [1.54, 1.807) is 23.5 Å². The highest BCUT2D eigenvalue weighted by molar-refractivity contribution is 7.10. The van der Waals surface area contributed by atoms with E-state index in [-0.39, 0.29) is 23.2 Å². The molecule has 1 atom stereocenters. The summed E-state index contributed by atoms with van der Waals surface area (Å²) in [6.45, 7) is 0. The normalized spacial score (nSPS) is 11.9. The van der Waals surface area contributed by atoms with E-state index in [0.717, 1.165) is 10.4 Å². The molecule has 7 heteroatoms. The van der Waals surface area contributed by atoms with Crippen LogP contribution in [0.3, 0.4) is 0 Å². The highest BCUT2D eigenvalue weighted by Crippen LogP contribution is 2.27. The van der Waals surface area contributed by atoms with Gasteiger partial charge >= 0.3 is 0 Å². The molecule has 3 aromatic rings. The first-order chi connectivity index (χ1) is 11.1. The number of amides is 1. The van der Waals surface area contributed by atoms with E-state index in [1.807, 2.05) is 29.6 Å². The van der Waals surface area contributed by atoms with Crippen LogP contribution in [0.1, 0.15) is 27.0 Å². The van der Waals surface area contributed by atoms with E-state index in [1.165, 1.54) is 12.1 Å². The van der Waals surface area contributed by atoms with Crippen molar-refractivity contribution in [2.75, 3.05) is 0 Å². The highest BCUT2D eigenvalue weighted by atomic mass is 35.5. The molecular weight excluding hydrogens is 334 g/mol. The van der Waals surface area contributed by atoms with E-state index in [2.05, 4.69) is 15.5 Å². The number of thiophene rings is 1. The SMILES string of the molecule is O=C(NC(c1ccc(Cl)cc1)c1cccs1)c1ccc(=O)[nH]n1. The Morgan fingerprint density at radius 1 is 1.17 bits per heavy atom. The second kappa shape index (κ2) is 6.76. The maximum absolute atomic E-state index is 12.4. The molecule has 1 unspecified atom stereocenters. The summed E-state index contributed by atoms with van der Waals surface area (Å²) in [7, 11) is 0. The van der Waals surface area contributed by atoms with Gasteiger partial charge in [0.05, 0.1) is 6.04 Å². The number of rotatable bonds is 4. The lowest BCUT2D eigenvalue weighted by Crippen LogP contribution is -2.30. The van der Waals surface area contributed by atoms with Gasteiger partial charge in [0.1, 0.15) is 5.69 Å². The molecule has 5 nitrogen and oxygen atoms in total. The fourth-order valence-electron chi connectivity index (χ4n) is 2.11. The van der Waals surface area contributed by atoms with Gasteiger partial charge in [-0.05, 0) is 35.2 Å². The lowest BCUT2D eigenvalue weighted by molar-refractivity contribution is 0.0937. The number of aromatic nitrogens is 2.